The molecule has 0 radical (unpaired) electrons. The minimum Gasteiger partial charge on any atom is -0.474 e. The van der Waals surface area contributed by atoms with E-state index in [1.54, 1.807) is 18.2 Å². The summed E-state index contributed by atoms with van der Waals surface area (Å²) in [4.78, 5) is 27.0. The first-order valence-electron chi connectivity index (χ1n) is 12.9. The summed E-state index contributed by atoms with van der Waals surface area (Å²) in [6, 6.07) is 11.0. The largest absolute Gasteiger partial charge is 0.474 e. The predicted octanol–water partition coefficient (Wildman–Crippen LogP) is 4.23. The van der Waals surface area contributed by atoms with Crippen LogP contribution in [0.4, 0.5) is 17.6 Å². The van der Waals surface area contributed by atoms with Crippen molar-refractivity contribution in [3.05, 3.63) is 83.7 Å². The second kappa shape index (κ2) is 9.61. The molecule has 41 heavy (non-hydrogen) atoms. The van der Waals surface area contributed by atoms with Gasteiger partial charge in [0.1, 0.15) is 11.9 Å². The Balaban J connectivity index is 1.19. The molecule has 0 spiro atoms. The van der Waals surface area contributed by atoms with Crippen molar-refractivity contribution in [2.75, 3.05) is 13.1 Å². The van der Waals surface area contributed by atoms with Gasteiger partial charge < -0.3 is 15.4 Å². The molecule has 3 aromatic heterocycles. The molecule has 4 aromatic rings. The van der Waals surface area contributed by atoms with Crippen molar-refractivity contribution in [1.82, 2.24) is 29.6 Å². The Kier molecular flexibility index (Phi) is 6.29. The average molecular weight is 568 g/mol. The first kappa shape index (κ1) is 26.8. The number of rotatable bonds is 6. The lowest BCUT2D eigenvalue weighted by Crippen LogP contribution is -2.34. The number of carbonyl (C=O) groups excluding carboxylic acids is 1. The van der Waals surface area contributed by atoms with Gasteiger partial charge in [0.05, 0.1) is 11.3 Å². The van der Waals surface area contributed by atoms with E-state index in [1.807, 2.05) is 19.9 Å². The summed E-state index contributed by atoms with van der Waals surface area (Å²) in [6.07, 6.45) is -1.34. The zero-order chi connectivity index (χ0) is 29.1. The van der Waals surface area contributed by atoms with E-state index in [0.29, 0.717) is 17.1 Å². The summed E-state index contributed by atoms with van der Waals surface area (Å²) in [5, 5.41) is 3.57. The van der Waals surface area contributed by atoms with Gasteiger partial charge in [-0.15, -0.1) is 0 Å². The number of piperidine rings is 1. The monoisotopic (exact) mass is 567 g/mol. The Morgan fingerprint density at radius 3 is 2.32 bits per heavy atom. The molecule has 2 N–H and O–H groups in total. The fraction of sp³-hybridized carbons (Fsp3) is 0.321. The third-order valence-corrected chi connectivity index (χ3v) is 7.32. The average Bonchev–Trinajstić information content (AvgIpc) is 3.29. The Hall–Kier alpha value is -4.39. The smallest absolute Gasteiger partial charge is 0.435 e. The molecular formula is C28H25F4N7O2. The minimum absolute atomic E-state index is 0.0635. The summed E-state index contributed by atoms with van der Waals surface area (Å²) in [6.45, 7) is 4.14. The zero-order valence-electron chi connectivity index (χ0n) is 22.0. The quantitative estimate of drug-likeness (QED) is 0.347. The third kappa shape index (κ3) is 5.24. The molecule has 212 valence electrons. The predicted molar refractivity (Wildman–Crippen MR) is 138 cm³/mol. The number of nitrogens with two attached hydrogens (primary N) is 1. The van der Waals surface area contributed by atoms with E-state index in [2.05, 4.69) is 20.1 Å². The molecule has 1 saturated carbocycles. The van der Waals surface area contributed by atoms with Gasteiger partial charge in [-0.25, -0.2) is 24.0 Å². The second-order valence-electron chi connectivity index (χ2n) is 10.8. The maximum Gasteiger partial charge on any atom is 0.435 e. The summed E-state index contributed by atoms with van der Waals surface area (Å²) in [5.41, 5.74) is 5.81. The van der Waals surface area contributed by atoms with Crippen LogP contribution < -0.4 is 10.5 Å². The highest BCUT2D eigenvalue weighted by Gasteiger charge is 2.59. The molecule has 1 saturated heterocycles. The number of amides is 1. The number of aromatic nitrogens is 5. The number of likely N-dealkylation sites (tertiary alicyclic amines) is 1. The fourth-order valence-corrected chi connectivity index (χ4v) is 5.08. The first-order chi connectivity index (χ1) is 19.4. The van der Waals surface area contributed by atoms with Crippen LogP contribution in [0.3, 0.4) is 0 Å². The van der Waals surface area contributed by atoms with E-state index < -0.39 is 28.9 Å². The lowest BCUT2D eigenvalue weighted by Gasteiger charge is -2.22. The van der Waals surface area contributed by atoms with Crippen LogP contribution in [0.25, 0.3) is 17.2 Å². The summed E-state index contributed by atoms with van der Waals surface area (Å²) in [5.74, 6) is -1.01. The maximum atomic E-state index is 13.8. The molecule has 1 amide bonds. The molecule has 1 aliphatic heterocycles. The molecule has 1 aromatic carbocycles. The topological polar surface area (TPSA) is 112 Å². The van der Waals surface area contributed by atoms with Crippen LogP contribution in [0.2, 0.25) is 0 Å². The molecule has 1 aliphatic carbocycles. The minimum atomic E-state index is -4.84. The molecule has 9 nitrogen and oxygen atoms in total. The molecule has 4 heterocycles. The number of hydrogen-bond acceptors (Lipinski definition) is 7. The molecule has 2 fully saturated rings. The van der Waals surface area contributed by atoms with E-state index in [4.69, 9.17) is 10.5 Å². The van der Waals surface area contributed by atoms with Gasteiger partial charge in [0, 0.05) is 60.7 Å². The van der Waals surface area contributed by atoms with Crippen LogP contribution >= 0.6 is 0 Å². The Bertz CT molecular complexity index is 1590. The van der Waals surface area contributed by atoms with Crippen molar-refractivity contribution in [3.63, 3.8) is 0 Å². The van der Waals surface area contributed by atoms with E-state index in [0.717, 1.165) is 16.4 Å². The number of hydrogen-bond donors (Lipinski definition) is 1. The van der Waals surface area contributed by atoms with Crippen LogP contribution in [0.15, 0.2) is 61.1 Å². The SMILES string of the molecule is CC(C)(N)c1cc(O[C@@H]2[C@@H]3CN(C(=O)c4cn(-c5ncccn5)nc4C(F)(F)F)C[C@@H]32)nc(-c2ccc(F)cc2)c1. The van der Waals surface area contributed by atoms with Crippen LogP contribution in [0.1, 0.15) is 35.5 Å². The second-order valence-corrected chi connectivity index (χ2v) is 10.8. The van der Waals surface area contributed by atoms with E-state index in [9.17, 15) is 22.4 Å². The third-order valence-electron chi connectivity index (χ3n) is 7.32. The van der Waals surface area contributed by atoms with Gasteiger partial charge in [0.15, 0.2) is 5.69 Å². The highest BCUT2D eigenvalue weighted by Crippen LogP contribution is 2.48. The number of fused-ring (bicyclic) bond motifs is 1. The Morgan fingerprint density at radius 1 is 1.05 bits per heavy atom. The van der Waals surface area contributed by atoms with E-state index in [1.165, 1.54) is 35.5 Å². The number of nitrogens with zero attached hydrogens (tertiary/aromatic N) is 6. The number of pyridine rings is 1. The molecule has 3 atom stereocenters. The van der Waals surface area contributed by atoms with Gasteiger partial charge in [-0.1, -0.05) is 0 Å². The number of alkyl halides is 3. The van der Waals surface area contributed by atoms with Gasteiger partial charge in [-0.2, -0.15) is 18.3 Å². The van der Waals surface area contributed by atoms with Gasteiger partial charge in [-0.05, 0) is 55.8 Å². The maximum absolute atomic E-state index is 13.8. The standard InChI is InChI=1S/C28H25F4N7O2/c1-27(2,33)16-10-21(15-4-6-17(29)7-5-15)36-22(11-16)41-23-18-12-38(13-19(18)23)25(40)20-14-39(26-34-8-3-9-35-26)37-24(20)28(30,31)32/h3-11,14,18-19,23H,12-13,33H2,1-2H3/t18-,19+,23-. The Labute approximate surface area is 232 Å². The Morgan fingerprint density at radius 2 is 1.71 bits per heavy atom. The fourth-order valence-electron chi connectivity index (χ4n) is 5.08. The van der Waals surface area contributed by atoms with E-state index in [-0.39, 0.29) is 42.8 Å². The van der Waals surface area contributed by atoms with Gasteiger partial charge in [0.2, 0.25) is 11.8 Å². The normalized spacial score (nSPS) is 20.2. The van der Waals surface area contributed by atoms with Crippen LogP contribution in [0, 0.1) is 17.7 Å². The summed E-state index contributed by atoms with van der Waals surface area (Å²) >= 11 is 0. The van der Waals surface area contributed by atoms with Crippen LogP contribution in [-0.2, 0) is 11.7 Å². The lowest BCUT2D eigenvalue weighted by molar-refractivity contribution is -0.141. The van der Waals surface area contributed by atoms with Gasteiger partial charge in [0.25, 0.3) is 5.91 Å². The summed E-state index contributed by atoms with van der Waals surface area (Å²) < 4.78 is 61.8. The molecule has 0 unspecified atom stereocenters. The number of halogens is 4. The molecule has 0 bridgehead atoms. The van der Waals surface area contributed by atoms with Crippen molar-refractivity contribution in [3.8, 4) is 23.1 Å². The number of benzene rings is 1. The number of carbonyl (C=O) groups is 1. The first-order valence-corrected chi connectivity index (χ1v) is 12.9. The molecular weight excluding hydrogens is 542 g/mol. The highest BCUT2D eigenvalue weighted by molar-refractivity contribution is 5.95. The van der Waals surface area contributed by atoms with Gasteiger partial charge in [-0.3, -0.25) is 4.79 Å². The highest BCUT2D eigenvalue weighted by atomic mass is 19.4. The molecule has 2 aliphatic rings. The van der Waals surface area contributed by atoms with Crippen LogP contribution in [-0.4, -0.2) is 54.7 Å². The lowest BCUT2D eigenvalue weighted by atomic mass is 9.95. The molecule has 13 heteroatoms. The van der Waals surface area contributed by atoms with Crippen molar-refractivity contribution in [1.29, 1.82) is 0 Å². The van der Waals surface area contributed by atoms with E-state index >= 15 is 0 Å². The van der Waals surface area contributed by atoms with Crippen molar-refractivity contribution in [2.24, 2.45) is 17.6 Å². The zero-order valence-corrected chi connectivity index (χ0v) is 22.0. The van der Waals surface area contributed by atoms with Crippen molar-refractivity contribution < 1.29 is 27.1 Å². The van der Waals surface area contributed by atoms with Crippen molar-refractivity contribution >= 4 is 5.91 Å². The van der Waals surface area contributed by atoms with Crippen LogP contribution in [0.5, 0.6) is 5.88 Å². The van der Waals surface area contributed by atoms with Gasteiger partial charge >= 0.3 is 6.18 Å². The van der Waals surface area contributed by atoms with Crippen molar-refractivity contribution in [2.45, 2.75) is 31.7 Å². The molecule has 6 rings (SSSR count). The number of ether oxygens (including phenoxy) is 1. The summed E-state index contributed by atoms with van der Waals surface area (Å²) in [7, 11) is 0.